The molecule has 0 amide bonds. The lowest BCUT2D eigenvalue weighted by atomic mass is 9.95. The molecular formula is C31H36BrN3O6S. The van der Waals surface area contributed by atoms with Crippen LogP contribution in [-0.2, 0) is 9.53 Å². The van der Waals surface area contributed by atoms with Crippen LogP contribution in [0.2, 0.25) is 0 Å². The number of halogens is 1. The molecule has 0 spiro atoms. The summed E-state index contributed by atoms with van der Waals surface area (Å²) in [6.07, 6.45) is 1.81. The van der Waals surface area contributed by atoms with E-state index in [9.17, 15) is 9.59 Å². The Morgan fingerprint density at radius 1 is 1.05 bits per heavy atom. The van der Waals surface area contributed by atoms with Gasteiger partial charge in [-0.25, -0.2) is 9.79 Å². The zero-order valence-electron chi connectivity index (χ0n) is 24.9. The molecule has 2 aromatic carbocycles. The van der Waals surface area contributed by atoms with E-state index in [2.05, 4.69) is 39.7 Å². The predicted molar refractivity (Wildman–Crippen MR) is 169 cm³/mol. The Morgan fingerprint density at radius 3 is 2.38 bits per heavy atom. The van der Waals surface area contributed by atoms with Crippen LogP contribution in [0, 0.1) is 0 Å². The molecule has 1 aromatic heterocycles. The van der Waals surface area contributed by atoms with E-state index in [0.29, 0.717) is 48.9 Å². The largest absolute Gasteiger partial charge is 0.496 e. The minimum atomic E-state index is -0.812. The van der Waals surface area contributed by atoms with E-state index in [4.69, 9.17) is 18.9 Å². The van der Waals surface area contributed by atoms with E-state index in [1.165, 1.54) is 11.3 Å². The van der Waals surface area contributed by atoms with E-state index in [1.807, 2.05) is 31.2 Å². The maximum Gasteiger partial charge on any atom is 0.338 e. The number of hydrogen-bond donors (Lipinski definition) is 0. The number of carbonyl (C=O) groups is 1. The average molecular weight is 659 g/mol. The first-order chi connectivity index (χ1) is 20.2. The molecule has 4 rings (SSSR count). The van der Waals surface area contributed by atoms with Crippen molar-refractivity contribution < 1.29 is 23.7 Å². The summed E-state index contributed by atoms with van der Waals surface area (Å²) in [6, 6.07) is 8.70. The van der Waals surface area contributed by atoms with Crippen molar-refractivity contribution >= 4 is 45.0 Å². The number of carbonyl (C=O) groups excluding carboxylic acids is 1. The molecule has 1 aliphatic heterocycles. The lowest BCUT2D eigenvalue weighted by molar-refractivity contribution is -0.139. The first kappa shape index (κ1) is 31.4. The Labute approximate surface area is 257 Å². The van der Waals surface area contributed by atoms with Crippen molar-refractivity contribution in [2.75, 3.05) is 45.4 Å². The van der Waals surface area contributed by atoms with Crippen LogP contribution < -0.4 is 34.0 Å². The third-order valence-electron chi connectivity index (χ3n) is 7.03. The molecule has 0 saturated heterocycles. The number of rotatable bonds is 11. The van der Waals surface area contributed by atoms with E-state index >= 15 is 0 Å². The lowest BCUT2D eigenvalue weighted by Crippen LogP contribution is -2.40. The van der Waals surface area contributed by atoms with Gasteiger partial charge in [0.05, 0.1) is 49.3 Å². The minimum absolute atomic E-state index is 0.184. The number of esters is 1. The molecular weight excluding hydrogens is 622 g/mol. The van der Waals surface area contributed by atoms with Crippen LogP contribution in [0.25, 0.3) is 6.08 Å². The number of ether oxygens (including phenoxy) is 4. The molecule has 0 N–H and O–H groups in total. The summed E-state index contributed by atoms with van der Waals surface area (Å²) in [5.74, 6) is 1.14. The highest BCUT2D eigenvalue weighted by Gasteiger charge is 2.35. The third-order valence-corrected chi connectivity index (χ3v) is 8.70. The van der Waals surface area contributed by atoms with Crippen molar-refractivity contribution in [3.63, 3.8) is 0 Å². The van der Waals surface area contributed by atoms with Crippen molar-refractivity contribution in [2.24, 2.45) is 4.99 Å². The summed E-state index contributed by atoms with van der Waals surface area (Å²) >= 11 is 4.91. The van der Waals surface area contributed by atoms with E-state index in [1.54, 1.807) is 44.8 Å². The van der Waals surface area contributed by atoms with Gasteiger partial charge in [-0.05, 0) is 70.5 Å². The molecule has 11 heteroatoms. The van der Waals surface area contributed by atoms with Crippen LogP contribution in [0.5, 0.6) is 17.2 Å². The molecule has 0 radical (unpaired) electrons. The van der Waals surface area contributed by atoms with Gasteiger partial charge in [-0.2, -0.15) is 0 Å². The summed E-state index contributed by atoms with van der Waals surface area (Å²) in [6.45, 7) is 12.0. The molecule has 0 unspecified atom stereocenters. The van der Waals surface area contributed by atoms with E-state index < -0.39 is 12.0 Å². The minimum Gasteiger partial charge on any atom is -0.496 e. The smallest absolute Gasteiger partial charge is 0.338 e. The van der Waals surface area contributed by atoms with Crippen molar-refractivity contribution in [3.05, 3.63) is 76.9 Å². The monoisotopic (exact) mass is 657 g/mol. The fourth-order valence-electron chi connectivity index (χ4n) is 5.02. The summed E-state index contributed by atoms with van der Waals surface area (Å²) in [5.41, 5.74) is 2.92. The summed E-state index contributed by atoms with van der Waals surface area (Å²) in [5, 5.41) is 0. The van der Waals surface area contributed by atoms with Crippen LogP contribution in [0.3, 0.4) is 0 Å². The van der Waals surface area contributed by atoms with Gasteiger partial charge in [-0.15, -0.1) is 0 Å². The van der Waals surface area contributed by atoms with Crippen LogP contribution in [0.15, 0.2) is 55.9 Å². The van der Waals surface area contributed by atoms with Crippen LogP contribution in [-0.4, -0.2) is 51.1 Å². The molecule has 0 bridgehead atoms. The van der Waals surface area contributed by atoms with Gasteiger partial charge < -0.3 is 23.8 Å². The molecule has 224 valence electrons. The van der Waals surface area contributed by atoms with Gasteiger partial charge >= 0.3 is 5.97 Å². The van der Waals surface area contributed by atoms with Crippen molar-refractivity contribution in [3.8, 4) is 17.2 Å². The molecule has 3 aromatic rings. The highest BCUT2D eigenvalue weighted by atomic mass is 79.9. The topological polar surface area (TPSA) is 91.6 Å². The number of hydrogen-bond acceptors (Lipinski definition) is 9. The molecule has 1 atom stereocenters. The Hall–Kier alpha value is -3.57. The molecule has 0 saturated carbocycles. The molecule has 9 nitrogen and oxygen atoms in total. The number of fused-ring (bicyclic) bond motifs is 1. The molecule has 2 heterocycles. The van der Waals surface area contributed by atoms with Gasteiger partial charge in [0.1, 0.15) is 5.75 Å². The summed E-state index contributed by atoms with van der Waals surface area (Å²) < 4.78 is 25.2. The third kappa shape index (κ3) is 5.98. The van der Waals surface area contributed by atoms with Crippen molar-refractivity contribution in [1.82, 2.24) is 4.57 Å². The van der Waals surface area contributed by atoms with Gasteiger partial charge in [0.2, 0.25) is 0 Å². The predicted octanol–water partition coefficient (Wildman–Crippen LogP) is 4.82. The number of nitrogens with zero attached hydrogens (tertiary/aromatic N) is 3. The number of methoxy groups -OCH3 is 2. The summed E-state index contributed by atoms with van der Waals surface area (Å²) in [7, 11) is 3.17. The second-order valence-corrected chi connectivity index (χ2v) is 11.2. The first-order valence-corrected chi connectivity index (χ1v) is 15.5. The van der Waals surface area contributed by atoms with E-state index in [0.717, 1.165) is 24.3 Å². The van der Waals surface area contributed by atoms with Crippen LogP contribution in [0.1, 0.15) is 51.8 Å². The fourth-order valence-corrected chi connectivity index (χ4v) is 6.60. The Bertz CT molecular complexity index is 1690. The Kier molecular flexibility index (Phi) is 10.2. The Balaban J connectivity index is 1.96. The quantitative estimate of drug-likeness (QED) is 0.273. The highest BCUT2D eigenvalue weighted by Crippen LogP contribution is 2.41. The Morgan fingerprint density at radius 2 is 1.76 bits per heavy atom. The average Bonchev–Trinajstić information content (AvgIpc) is 3.28. The SMILES string of the molecule is CCOC(=O)C1=C(C)N=c2s/c(=C/c3ccc(N(CC)CC)cc3OC)c(=O)n2[C@@H]1c1cc(OC)c(OCC)cc1Br. The molecule has 0 aliphatic carbocycles. The van der Waals surface area contributed by atoms with Gasteiger partial charge in [0.25, 0.3) is 5.56 Å². The number of thiazole rings is 1. The van der Waals surface area contributed by atoms with Gasteiger partial charge in [0, 0.05) is 34.9 Å². The molecule has 0 fully saturated rings. The standard InChI is InChI=1S/C31H36BrN3O6S/c1-8-34(9-2)20-13-12-19(23(15-20)38-6)14-26-29(36)35-28(21-16-24(39-7)25(40-10-3)17-22(21)32)27(30(37)41-11-4)18(5)33-31(35)42-26/h12-17,28H,8-11H2,1-7H3/b26-14+/t28-/m1/s1. The molecule has 1 aliphatic rings. The van der Waals surface area contributed by atoms with Gasteiger partial charge in [-0.1, -0.05) is 27.3 Å². The normalized spacial score (nSPS) is 14.8. The molecule has 42 heavy (non-hydrogen) atoms. The number of anilines is 1. The van der Waals surface area contributed by atoms with Gasteiger partial charge in [0.15, 0.2) is 16.3 Å². The van der Waals surface area contributed by atoms with E-state index in [-0.39, 0.29) is 17.7 Å². The number of allylic oxidation sites excluding steroid dienone is 1. The lowest BCUT2D eigenvalue weighted by Gasteiger charge is -2.26. The first-order valence-electron chi connectivity index (χ1n) is 13.9. The van der Waals surface area contributed by atoms with Gasteiger partial charge in [-0.3, -0.25) is 9.36 Å². The number of aromatic nitrogens is 1. The maximum atomic E-state index is 14.1. The fraction of sp³-hybridized carbons (Fsp3) is 0.387. The maximum absolute atomic E-state index is 14.1. The van der Waals surface area contributed by atoms with Crippen LogP contribution >= 0.6 is 27.3 Å². The second kappa shape index (κ2) is 13.6. The second-order valence-electron chi connectivity index (χ2n) is 9.36. The van der Waals surface area contributed by atoms with Crippen molar-refractivity contribution in [1.29, 1.82) is 0 Å². The van der Waals surface area contributed by atoms with Crippen molar-refractivity contribution in [2.45, 2.75) is 40.7 Å². The number of benzene rings is 2. The zero-order valence-corrected chi connectivity index (χ0v) is 27.3. The van der Waals surface area contributed by atoms with Crippen LogP contribution in [0.4, 0.5) is 5.69 Å². The highest BCUT2D eigenvalue weighted by molar-refractivity contribution is 9.10. The summed E-state index contributed by atoms with van der Waals surface area (Å²) in [4.78, 5) is 34.8. The zero-order chi connectivity index (χ0) is 30.6.